The van der Waals surface area contributed by atoms with Crippen LogP contribution < -0.4 is 5.43 Å². The molecule has 5 nitrogen and oxygen atoms in total. The van der Waals surface area contributed by atoms with Gasteiger partial charge >= 0.3 is 0 Å². The first-order chi connectivity index (χ1) is 14.9. The molecule has 0 aliphatic rings. The molecule has 0 bridgehead atoms. The van der Waals surface area contributed by atoms with Crippen LogP contribution in [0.4, 0.5) is 0 Å². The van der Waals surface area contributed by atoms with E-state index in [9.17, 15) is 4.79 Å². The Labute approximate surface area is 201 Å². The van der Waals surface area contributed by atoms with Crippen molar-refractivity contribution in [3.05, 3.63) is 68.2 Å². The Kier molecular flexibility index (Phi) is 8.17. The van der Waals surface area contributed by atoms with Gasteiger partial charge in [-0.1, -0.05) is 72.0 Å². The molecule has 3 aromatic rings. The van der Waals surface area contributed by atoms with Gasteiger partial charge in [0.2, 0.25) is 0 Å². The van der Waals surface area contributed by atoms with Gasteiger partial charge in [0.25, 0.3) is 5.91 Å². The second-order valence-electron chi connectivity index (χ2n) is 7.06. The lowest BCUT2D eigenvalue weighted by atomic mass is 10.0. The highest BCUT2D eigenvalue weighted by atomic mass is 79.9. The minimum atomic E-state index is -0.227. The van der Waals surface area contributed by atoms with E-state index in [0.29, 0.717) is 34.4 Å². The van der Waals surface area contributed by atoms with Gasteiger partial charge in [0, 0.05) is 33.7 Å². The minimum Gasteiger partial charge on any atom is -0.283 e. The number of benzene rings is 2. The number of hydrazine groups is 1. The van der Waals surface area contributed by atoms with Crippen LogP contribution in [0.5, 0.6) is 0 Å². The highest BCUT2D eigenvalue weighted by Gasteiger charge is 2.25. The van der Waals surface area contributed by atoms with Crippen LogP contribution in [0.25, 0.3) is 16.9 Å². The largest absolute Gasteiger partial charge is 0.286 e. The highest BCUT2D eigenvalue weighted by Crippen LogP contribution is 2.34. The number of amides is 1. The summed E-state index contributed by atoms with van der Waals surface area (Å²) in [6.45, 7) is 7.59. The highest BCUT2D eigenvalue weighted by molar-refractivity contribution is 9.10. The molecule has 1 aromatic heterocycles. The van der Waals surface area contributed by atoms with Crippen LogP contribution in [0.3, 0.4) is 0 Å². The van der Waals surface area contributed by atoms with E-state index >= 15 is 0 Å². The summed E-state index contributed by atoms with van der Waals surface area (Å²) in [5.74, 6) is -0.227. The van der Waals surface area contributed by atoms with E-state index in [1.165, 1.54) is 0 Å². The molecule has 0 aliphatic heterocycles. The van der Waals surface area contributed by atoms with E-state index < -0.39 is 0 Å². The zero-order valence-electron chi connectivity index (χ0n) is 17.8. The number of nitrogens with one attached hydrogen (secondary N) is 1. The van der Waals surface area contributed by atoms with Crippen molar-refractivity contribution in [2.45, 2.75) is 33.6 Å². The number of nitrogens with zero attached hydrogens (tertiary/aromatic N) is 3. The third-order valence-corrected chi connectivity index (χ3v) is 6.01. The van der Waals surface area contributed by atoms with E-state index in [0.717, 1.165) is 34.3 Å². The SMILES string of the molecule is CCCN(CC)NC(=O)c1nn(-c2ccc(Cl)cc2Cl)c(-c2ccc(Br)cc2)c1CC. The van der Waals surface area contributed by atoms with Gasteiger partial charge in [0.1, 0.15) is 0 Å². The quantitative estimate of drug-likeness (QED) is 0.340. The summed E-state index contributed by atoms with van der Waals surface area (Å²) in [4.78, 5) is 13.2. The maximum atomic E-state index is 13.2. The Morgan fingerprint density at radius 2 is 1.84 bits per heavy atom. The molecule has 0 fully saturated rings. The van der Waals surface area contributed by atoms with Crippen molar-refractivity contribution in [1.29, 1.82) is 0 Å². The van der Waals surface area contributed by atoms with Crippen LogP contribution in [0.1, 0.15) is 43.2 Å². The van der Waals surface area contributed by atoms with Crippen molar-refractivity contribution in [1.82, 2.24) is 20.2 Å². The molecule has 8 heteroatoms. The summed E-state index contributed by atoms with van der Waals surface area (Å²) in [7, 11) is 0. The zero-order valence-corrected chi connectivity index (χ0v) is 20.9. The van der Waals surface area contributed by atoms with Gasteiger partial charge in [-0.25, -0.2) is 9.69 Å². The van der Waals surface area contributed by atoms with Crippen LogP contribution in [0, 0.1) is 0 Å². The number of rotatable bonds is 8. The Morgan fingerprint density at radius 3 is 2.42 bits per heavy atom. The molecule has 0 spiro atoms. The molecule has 0 saturated carbocycles. The first kappa shape index (κ1) is 23.8. The Morgan fingerprint density at radius 1 is 1.13 bits per heavy atom. The molecule has 2 aromatic carbocycles. The lowest BCUT2D eigenvalue weighted by Gasteiger charge is -2.20. The van der Waals surface area contributed by atoms with Crippen molar-refractivity contribution in [2.75, 3.05) is 13.1 Å². The fourth-order valence-electron chi connectivity index (χ4n) is 3.46. The molecular formula is C23H25BrCl2N4O. The van der Waals surface area contributed by atoms with Gasteiger partial charge < -0.3 is 0 Å². The molecule has 0 radical (unpaired) electrons. The topological polar surface area (TPSA) is 50.2 Å². The van der Waals surface area contributed by atoms with E-state index in [4.69, 9.17) is 28.3 Å². The normalized spacial score (nSPS) is 11.2. The monoisotopic (exact) mass is 522 g/mol. The zero-order chi connectivity index (χ0) is 22.5. The first-order valence-electron chi connectivity index (χ1n) is 10.3. The second kappa shape index (κ2) is 10.6. The number of hydrogen-bond acceptors (Lipinski definition) is 3. The molecule has 31 heavy (non-hydrogen) atoms. The summed E-state index contributed by atoms with van der Waals surface area (Å²) >= 11 is 16.1. The van der Waals surface area contributed by atoms with Crippen molar-refractivity contribution in [3.63, 3.8) is 0 Å². The number of carbonyl (C=O) groups excluding carboxylic acids is 1. The Bertz CT molecular complexity index is 1070. The predicted octanol–water partition coefficient (Wildman–Crippen LogP) is 6.55. The molecule has 0 aliphatic carbocycles. The first-order valence-corrected chi connectivity index (χ1v) is 11.8. The average molecular weight is 524 g/mol. The van der Waals surface area contributed by atoms with Gasteiger partial charge in [-0.3, -0.25) is 10.2 Å². The van der Waals surface area contributed by atoms with Gasteiger partial charge in [0.05, 0.1) is 16.4 Å². The maximum absolute atomic E-state index is 13.2. The average Bonchev–Trinajstić information content (AvgIpc) is 3.13. The standard InChI is InChI=1S/C23H25BrCl2N4O/c1-4-13-29(6-3)28-23(31)21-18(5-2)22(15-7-9-16(24)10-8-15)30(27-21)20-12-11-17(25)14-19(20)26/h7-12,14H,4-6,13H2,1-3H3,(H,28,31). The van der Waals surface area contributed by atoms with E-state index in [1.54, 1.807) is 16.8 Å². The Hall–Kier alpha value is -1.86. The van der Waals surface area contributed by atoms with Crippen LogP contribution in [0.15, 0.2) is 46.9 Å². The molecule has 1 heterocycles. The summed E-state index contributed by atoms with van der Waals surface area (Å²) < 4.78 is 2.71. The lowest BCUT2D eigenvalue weighted by molar-refractivity contribution is 0.0790. The summed E-state index contributed by atoms with van der Waals surface area (Å²) in [5, 5.41) is 7.63. The Balaban J connectivity index is 2.19. The summed E-state index contributed by atoms with van der Waals surface area (Å²) in [5.41, 5.74) is 6.69. The summed E-state index contributed by atoms with van der Waals surface area (Å²) in [6.07, 6.45) is 1.58. The van der Waals surface area contributed by atoms with E-state index in [1.807, 2.05) is 49.2 Å². The smallest absolute Gasteiger partial charge is 0.283 e. The number of aromatic nitrogens is 2. The van der Waals surface area contributed by atoms with Crippen LogP contribution in [0.2, 0.25) is 10.0 Å². The van der Waals surface area contributed by atoms with Gasteiger partial charge in [-0.05, 0) is 43.2 Å². The molecule has 164 valence electrons. The molecule has 1 amide bonds. The van der Waals surface area contributed by atoms with E-state index in [-0.39, 0.29) is 5.91 Å². The summed E-state index contributed by atoms with van der Waals surface area (Å²) in [6, 6.07) is 13.2. The third-order valence-electron chi connectivity index (χ3n) is 4.94. The number of hydrogen-bond donors (Lipinski definition) is 1. The van der Waals surface area contributed by atoms with Gasteiger partial charge in [-0.15, -0.1) is 0 Å². The fraction of sp³-hybridized carbons (Fsp3) is 0.304. The molecular weight excluding hydrogens is 499 g/mol. The van der Waals surface area contributed by atoms with Crippen LogP contribution in [-0.4, -0.2) is 33.8 Å². The maximum Gasteiger partial charge on any atom is 0.286 e. The van der Waals surface area contributed by atoms with Crippen molar-refractivity contribution in [2.24, 2.45) is 0 Å². The third kappa shape index (κ3) is 5.32. The fourth-order valence-corrected chi connectivity index (χ4v) is 4.21. The lowest BCUT2D eigenvalue weighted by Crippen LogP contribution is -2.42. The van der Waals surface area contributed by atoms with E-state index in [2.05, 4.69) is 28.3 Å². The number of carbonyl (C=O) groups is 1. The molecule has 0 atom stereocenters. The molecule has 1 N–H and O–H groups in total. The molecule has 3 rings (SSSR count). The van der Waals surface area contributed by atoms with Gasteiger partial charge in [-0.2, -0.15) is 5.10 Å². The molecule has 0 saturated heterocycles. The molecule has 0 unspecified atom stereocenters. The van der Waals surface area contributed by atoms with Crippen LogP contribution >= 0.6 is 39.1 Å². The van der Waals surface area contributed by atoms with Crippen molar-refractivity contribution in [3.8, 4) is 16.9 Å². The second-order valence-corrected chi connectivity index (χ2v) is 8.82. The number of halogens is 3. The van der Waals surface area contributed by atoms with Crippen LogP contribution in [-0.2, 0) is 6.42 Å². The van der Waals surface area contributed by atoms with Gasteiger partial charge in [0.15, 0.2) is 5.69 Å². The van der Waals surface area contributed by atoms with Crippen molar-refractivity contribution >= 4 is 45.0 Å². The predicted molar refractivity (Wildman–Crippen MR) is 131 cm³/mol. The minimum absolute atomic E-state index is 0.227. The van der Waals surface area contributed by atoms with Crippen molar-refractivity contribution < 1.29 is 4.79 Å².